The molecule has 1 saturated heterocycles. The maximum Gasteiger partial charge on any atom is 0.348 e. The average molecular weight is 566 g/mol. The first-order valence-electron chi connectivity index (χ1n) is 14.1. The summed E-state index contributed by atoms with van der Waals surface area (Å²) in [6, 6.07) is 20.7. The minimum absolute atomic E-state index is 0.0221. The van der Waals surface area contributed by atoms with Gasteiger partial charge >= 0.3 is 5.97 Å². The number of benzene rings is 2. The molecule has 0 unspecified atom stereocenters. The van der Waals surface area contributed by atoms with Crippen molar-refractivity contribution in [2.24, 2.45) is 0 Å². The first-order chi connectivity index (χ1) is 20.0. The van der Waals surface area contributed by atoms with Crippen LogP contribution in [0.5, 0.6) is 0 Å². The zero-order valence-electron chi connectivity index (χ0n) is 23.0. The predicted octanol–water partition coefficient (Wildman–Crippen LogP) is 6.22. The maximum atomic E-state index is 13.8. The van der Waals surface area contributed by atoms with E-state index in [1.807, 2.05) is 59.5 Å². The number of aromatic nitrogens is 1. The fraction of sp³-hybridized carbons (Fsp3) is 0.273. The van der Waals surface area contributed by atoms with E-state index in [2.05, 4.69) is 9.88 Å². The summed E-state index contributed by atoms with van der Waals surface area (Å²) >= 11 is 1.41. The molecule has 6 rings (SSSR count). The monoisotopic (exact) mass is 565 g/mol. The molecule has 4 heterocycles. The Labute approximate surface area is 243 Å². The molecule has 1 fully saturated rings. The van der Waals surface area contributed by atoms with Gasteiger partial charge in [0.15, 0.2) is 5.78 Å². The van der Waals surface area contributed by atoms with E-state index in [4.69, 9.17) is 4.74 Å². The van der Waals surface area contributed by atoms with Gasteiger partial charge in [0.05, 0.1) is 17.9 Å². The van der Waals surface area contributed by atoms with Crippen molar-refractivity contribution in [1.82, 2.24) is 4.98 Å². The zero-order chi connectivity index (χ0) is 28.3. The van der Waals surface area contributed by atoms with Crippen molar-refractivity contribution in [3.63, 3.8) is 0 Å². The van der Waals surface area contributed by atoms with Crippen molar-refractivity contribution in [1.29, 1.82) is 0 Å². The molecule has 4 aromatic rings. The second-order valence-corrected chi connectivity index (χ2v) is 11.3. The van der Waals surface area contributed by atoms with E-state index < -0.39 is 0 Å². The number of Topliss-reactive ketones (excluding diaryl/α,β-unsaturated/α-hetero) is 1. The number of carbonyl (C=O) groups is 3. The molecule has 7 nitrogen and oxygen atoms in total. The average Bonchev–Trinajstić information content (AvgIpc) is 3.66. The van der Waals surface area contributed by atoms with Gasteiger partial charge in [0.25, 0.3) is 5.91 Å². The first kappa shape index (κ1) is 26.9. The molecule has 2 aromatic heterocycles. The molecule has 2 aliphatic rings. The number of anilines is 2. The van der Waals surface area contributed by atoms with Crippen LogP contribution in [-0.2, 0) is 17.6 Å². The molecule has 2 aromatic carbocycles. The molecule has 0 bridgehead atoms. The van der Waals surface area contributed by atoms with Crippen LogP contribution < -0.4 is 9.80 Å². The quantitative estimate of drug-likeness (QED) is 0.196. The van der Waals surface area contributed by atoms with E-state index in [0.717, 1.165) is 59.0 Å². The first-order valence-corrected chi connectivity index (χ1v) is 14.9. The number of rotatable bonds is 7. The summed E-state index contributed by atoms with van der Waals surface area (Å²) in [7, 11) is 0. The lowest BCUT2D eigenvalue weighted by Crippen LogP contribution is -2.32. The summed E-state index contributed by atoms with van der Waals surface area (Å²) in [4.78, 5) is 49.5. The zero-order valence-corrected chi connectivity index (χ0v) is 23.8. The highest BCUT2D eigenvalue weighted by molar-refractivity contribution is 7.17. The molecule has 0 aliphatic carbocycles. The minimum Gasteiger partial charge on any atom is -0.462 e. The molecule has 0 saturated carbocycles. The van der Waals surface area contributed by atoms with E-state index >= 15 is 0 Å². The fourth-order valence-electron chi connectivity index (χ4n) is 5.61. The third kappa shape index (κ3) is 5.39. The predicted molar refractivity (Wildman–Crippen MR) is 161 cm³/mol. The molecular weight excluding hydrogens is 534 g/mol. The highest BCUT2D eigenvalue weighted by Gasteiger charge is 2.28. The number of hydrogen-bond donors (Lipinski definition) is 0. The van der Waals surface area contributed by atoms with Crippen LogP contribution in [0.2, 0.25) is 0 Å². The SMILES string of the molecule is CCOC(=O)c1cc2c(s1)-c1ccccc1N(C(=O)c1ccc(CC(=O)c3cccnc3N3CCCC3)cc1)CC2. The summed E-state index contributed by atoms with van der Waals surface area (Å²) in [5, 5.41) is 0. The van der Waals surface area contributed by atoms with Crippen LogP contribution in [0.3, 0.4) is 0 Å². The third-order valence-corrected chi connectivity index (χ3v) is 8.82. The molecule has 208 valence electrons. The van der Waals surface area contributed by atoms with Crippen LogP contribution in [0.15, 0.2) is 72.9 Å². The van der Waals surface area contributed by atoms with Crippen molar-refractivity contribution in [2.75, 3.05) is 36.0 Å². The largest absolute Gasteiger partial charge is 0.462 e. The minimum atomic E-state index is -0.314. The molecule has 41 heavy (non-hydrogen) atoms. The van der Waals surface area contributed by atoms with E-state index in [1.165, 1.54) is 11.3 Å². The lowest BCUT2D eigenvalue weighted by molar-refractivity contribution is 0.0531. The van der Waals surface area contributed by atoms with E-state index in [1.54, 1.807) is 25.3 Å². The smallest absolute Gasteiger partial charge is 0.348 e. The van der Waals surface area contributed by atoms with E-state index in [0.29, 0.717) is 35.6 Å². The van der Waals surface area contributed by atoms with Gasteiger partial charge in [-0.05, 0) is 73.7 Å². The third-order valence-electron chi connectivity index (χ3n) is 7.63. The van der Waals surface area contributed by atoms with Crippen molar-refractivity contribution in [3.8, 4) is 10.4 Å². The molecule has 0 spiro atoms. The number of carbonyl (C=O) groups excluding carboxylic acids is 3. The lowest BCUT2D eigenvalue weighted by atomic mass is 10.0. The molecule has 0 atom stereocenters. The van der Waals surface area contributed by atoms with Crippen LogP contribution in [0.25, 0.3) is 10.4 Å². The maximum absolute atomic E-state index is 13.8. The van der Waals surface area contributed by atoms with Crippen LogP contribution in [-0.4, -0.2) is 48.9 Å². The number of para-hydroxylation sites is 1. The second-order valence-electron chi connectivity index (χ2n) is 10.3. The summed E-state index contributed by atoms with van der Waals surface area (Å²) < 4.78 is 5.21. The molecule has 8 heteroatoms. The van der Waals surface area contributed by atoms with Gasteiger partial charge in [-0.2, -0.15) is 0 Å². The summed E-state index contributed by atoms with van der Waals surface area (Å²) in [6.45, 7) is 4.46. The fourth-order valence-corrected chi connectivity index (χ4v) is 6.75. The number of pyridine rings is 1. The highest BCUT2D eigenvalue weighted by atomic mass is 32.1. The highest BCUT2D eigenvalue weighted by Crippen LogP contribution is 2.42. The summed E-state index contributed by atoms with van der Waals surface area (Å²) in [5.74, 6) is 0.378. The van der Waals surface area contributed by atoms with Gasteiger partial charge in [0, 0.05) is 48.3 Å². The van der Waals surface area contributed by atoms with E-state index in [-0.39, 0.29) is 24.1 Å². The number of hydrogen-bond acceptors (Lipinski definition) is 7. The lowest BCUT2D eigenvalue weighted by Gasteiger charge is -2.23. The van der Waals surface area contributed by atoms with Gasteiger partial charge in [0.2, 0.25) is 0 Å². The Morgan fingerprint density at radius 1 is 0.951 bits per heavy atom. The molecule has 0 radical (unpaired) electrons. The Balaban J connectivity index is 1.21. The normalized spacial score (nSPS) is 14.3. The van der Waals surface area contributed by atoms with Crippen molar-refractivity contribution in [3.05, 3.63) is 100 Å². The van der Waals surface area contributed by atoms with Crippen molar-refractivity contribution >= 4 is 40.5 Å². The van der Waals surface area contributed by atoms with E-state index in [9.17, 15) is 14.4 Å². The Bertz CT molecular complexity index is 1600. The van der Waals surface area contributed by atoms with Gasteiger partial charge in [0.1, 0.15) is 10.7 Å². The van der Waals surface area contributed by atoms with Gasteiger partial charge in [-0.25, -0.2) is 9.78 Å². The van der Waals surface area contributed by atoms with Crippen LogP contribution in [0.4, 0.5) is 11.5 Å². The number of nitrogens with zero attached hydrogens (tertiary/aromatic N) is 3. The number of ketones is 1. The summed E-state index contributed by atoms with van der Waals surface area (Å²) in [5.41, 5.74) is 4.85. The number of fused-ring (bicyclic) bond motifs is 3. The standard InChI is InChI=1S/C33H31N3O4S/c1-2-40-33(39)29-21-24-15-19-36(27-10-4-3-8-25(27)30(24)41-29)32(38)23-13-11-22(12-14-23)20-28(37)26-9-7-16-34-31(26)35-17-5-6-18-35/h3-4,7-14,16,21H,2,5-6,15,17-20H2,1H3. The number of ether oxygens (including phenoxy) is 1. The summed E-state index contributed by atoms with van der Waals surface area (Å²) in [6.07, 6.45) is 4.84. The van der Waals surface area contributed by atoms with Crippen molar-refractivity contribution < 1.29 is 19.1 Å². The van der Waals surface area contributed by atoms with Crippen LogP contribution in [0.1, 0.15) is 61.3 Å². The molecule has 2 aliphatic heterocycles. The van der Waals surface area contributed by atoms with Gasteiger partial charge in [-0.1, -0.05) is 30.3 Å². The molecular formula is C33H31N3O4S. The Hall–Kier alpha value is -4.30. The number of amides is 1. The van der Waals surface area contributed by atoms with Gasteiger partial charge < -0.3 is 14.5 Å². The van der Waals surface area contributed by atoms with Gasteiger partial charge in [-0.3, -0.25) is 9.59 Å². The topological polar surface area (TPSA) is 79.8 Å². The van der Waals surface area contributed by atoms with Crippen molar-refractivity contribution in [2.45, 2.75) is 32.6 Å². The number of thiophene rings is 1. The Morgan fingerprint density at radius 3 is 2.51 bits per heavy atom. The van der Waals surface area contributed by atoms with Crippen LogP contribution in [0, 0.1) is 0 Å². The number of esters is 1. The molecule has 0 N–H and O–H groups in total. The molecule has 1 amide bonds. The van der Waals surface area contributed by atoms with Crippen LogP contribution >= 0.6 is 11.3 Å². The Morgan fingerprint density at radius 2 is 1.73 bits per heavy atom. The second kappa shape index (κ2) is 11.7. The van der Waals surface area contributed by atoms with Gasteiger partial charge in [-0.15, -0.1) is 11.3 Å². The Kier molecular flexibility index (Phi) is 7.65.